The third-order valence-electron chi connectivity index (χ3n) is 16.3. The second-order valence-electron chi connectivity index (χ2n) is 23.2. The molecule has 12 N–H and O–H groups in total. The maximum Gasteiger partial charge on any atom is 0.220 e. The summed E-state index contributed by atoms with van der Waals surface area (Å²) in [4.78, 5) is 13.3. The SMILES string of the molecule is CCCCCCCCCCCCCCCCCCCCC/C=C/C(O)C(COC1OC(CO)C(OC2OC(CO)C(OC3OC(CO)C(O)C(O)C3O)C(O)C2O)C(O)C1O)NC(=O)CCCCCCCCCCCCCCCC. The predicted molar refractivity (Wildman–Crippen MR) is 305 cm³/mol. The Morgan fingerprint density at radius 3 is 1.18 bits per heavy atom. The van der Waals surface area contributed by atoms with Crippen LogP contribution in [0.2, 0.25) is 0 Å². The minimum absolute atomic E-state index is 0.249. The maximum absolute atomic E-state index is 13.3. The number of nitrogens with one attached hydrogen (secondary N) is 1. The van der Waals surface area contributed by atoms with Gasteiger partial charge >= 0.3 is 0 Å². The van der Waals surface area contributed by atoms with Crippen molar-refractivity contribution in [1.82, 2.24) is 5.32 Å². The molecule has 80 heavy (non-hydrogen) atoms. The Balaban J connectivity index is 1.48. The lowest BCUT2D eigenvalue weighted by Crippen LogP contribution is -2.66. The van der Waals surface area contributed by atoms with Crippen LogP contribution in [0.3, 0.4) is 0 Å². The molecule has 0 saturated carbocycles. The van der Waals surface area contributed by atoms with Crippen molar-refractivity contribution in [3.05, 3.63) is 12.2 Å². The van der Waals surface area contributed by atoms with E-state index in [2.05, 4.69) is 19.2 Å². The van der Waals surface area contributed by atoms with Crippen LogP contribution in [0.15, 0.2) is 12.2 Å². The normalized spacial score (nSPS) is 30.0. The molecule has 3 saturated heterocycles. The lowest BCUT2D eigenvalue weighted by atomic mass is 9.96. The van der Waals surface area contributed by atoms with Gasteiger partial charge in [-0.05, 0) is 19.3 Å². The molecule has 0 radical (unpaired) electrons. The highest BCUT2D eigenvalue weighted by molar-refractivity contribution is 5.76. The van der Waals surface area contributed by atoms with Crippen LogP contribution in [-0.2, 0) is 33.2 Å². The van der Waals surface area contributed by atoms with Gasteiger partial charge in [0.05, 0.1) is 38.6 Å². The Bertz CT molecular complexity index is 1510. The molecule has 472 valence electrons. The minimum atomic E-state index is -1.97. The van der Waals surface area contributed by atoms with Crippen LogP contribution in [0.25, 0.3) is 0 Å². The smallest absolute Gasteiger partial charge is 0.220 e. The number of allylic oxidation sites excluding steroid dienone is 1. The van der Waals surface area contributed by atoms with E-state index < -0.39 is 124 Å². The van der Waals surface area contributed by atoms with Crippen molar-refractivity contribution < 1.29 is 89.4 Å². The molecule has 0 aromatic rings. The van der Waals surface area contributed by atoms with Gasteiger partial charge in [0.1, 0.15) is 73.2 Å². The van der Waals surface area contributed by atoms with Gasteiger partial charge in [0.15, 0.2) is 18.9 Å². The fourth-order valence-electron chi connectivity index (χ4n) is 11.1. The number of unbranched alkanes of at least 4 members (excludes halogenated alkanes) is 32. The Morgan fingerprint density at radius 2 is 0.775 bits per heavy atom. The average molecular weight is 1150 g/mol. The van der Waals surface area contributed by atoms with E-state index in [-0.39, 0.29) is 18.9 Å². The number of carbonyl (C=O) groups excluding carboxylic acids is 1. The van der Waals surface area contributed by atoms with Gasteiger partial charge in [-0.1, -0.05) is 225 Å². The third kappa shape index (κ3) is 28.2. The molecule has 3 heterocycles. The Hall–Kier alpha value is -1.47. The zero-order valence-electron chi connectivity index (χ0n) is 49.3. The molecule has 17 unspecified atom stereocenters. The maximum atomic E-state index is 13.3. The number of rotatable bonds is 48. The molecule has 3 fully saturated rings. The van der Waals surface area contributed by atoms with Crippen molar-refractivity contribution in [3.8, 4) is 0 Å². The van der Waals surface area contributed by atoms with Crippen LogP contribution >= 0.6 is 0 Å². The van der Waals surface area contributed by atoms with Gasteiger partial charge in [-0.15, -0.1) is 0 Å². The van der Waals surface area contributed by atoms with E-state index in [0.29, 0.717) is 6.42 Å². The summed E-state index contributed by atoms with van der Waals surface area (Å²) >= 11 is 0. The molecule has 1 amide bonds. The summed E-state index contributed by atoms with van der Waals surface area (Å²) in [6.07, 6.45) is 19.0. The van der Waals surface area contributed by atoms with Crippen molar-refractivity contribution in [1.29, 1.82) is 0 Å². The summed E-state index contributed by atoms with van der Waals surface area (Å²) in [5.74, 6) is -0.272. The van der Waals surface area contributed by atoms with E-state index in [9.17, 15) is 61.0 Å². The Labute approximate surface area is 480 Å². The van der Waals surface area contributed by atoms with Gasteiger partial charge < -0.3 is 89.9 Å². The highest BCUT2D eigenvalue weighted by Crippen LogP contribution is 2.33. The van der Waals surface area contributed by atoms with Crippen LogP contribution in [-0.4, -0.2) is 193 Å². The van der Waals surface area contributed by atoms with Gasteiger partial charge in [0.25, 0.3) is 0 Å². The monoisotopic (exact) mass is 1150 g/mol. The Morgan fingerprint density at radius 1 is 0.438 bits per heavy atom. The van der Waals surface area contributed by atoms with Crippen LogP contribution in [0.1, 0.15) is 239 Å². The van der Waals surface area contributed by atoms with E-state index in [0.717, 1.165) is 44.9 Å². The number of aliphatic hydroxyl groups excluding tert-OH is 11. The van der Waals surface area contributed by atoms with E-state index in [1.54, 1.807) is 6.08 Å². The fourth-order valence-corrected chi connectivity index (χ4v) is 11.1. The van der Waals surface area contributed by atoms with Crippen LogP contribution in [0.4, 0.5) is 0 Å². The largest absolute Gasteiger partial charge is 0.394 e. The summed E-state index contributed by atoms with van der Waals surface area (Å²) in [6.45, 7) is 1.75. The van der Waals surface area contributed by atoms with Crippen molar-refractivity contribution >= 4 is 5.91 Å². The first-order valence-corrected chi connectivity index (χ1v) is 31.9. The second-order valence-corrected chi connectivity index (χ2v) is 23.2. The van der Waals surface area contributed by atoms with Crippen LogP contribution in [0, 0.1) is 0 Å². The number of ether oxygens (including phenoxy) is 6. The summed E-state index contributed by atoms with van der Waals surface area (Å²) < 4.78 is 34.3. The average Bonchev–Trinajstić information content (AvgIpc) is 3.47. The predicted octanol–water partition coefficient (Wildman–Crippen LogP) is 6.55. The molecular weight excluding hydrogens is 1030 g/mol. The van der Waals surface area contributed by atoms with Crippen LogP contribution in [0.5, 0.6) is 0 Å². The first kappa shape index (κ1) is 72.8. The van der Waals surface area contributed by atoms with Crippen molar-refractivity contribution in [2.75, 3.05) is 26.4 Å². The van der Waals surface area contributed by atoms with Crippen molar-refractivity contribution in [2.24, 2.45) is 0 Å². The van der Waals surface area contributed by atoms with E-state index in [1.165, 1.54) is 167 Å². The van der Waals surface area contributed by atoms with Crippen LogP contribution < -0.4 is 5.32 Å². The summed E-state index contributed by atoms with van der Waals surface area (Å²) in [5, 5.41) is 120. The lowest BCUT2D eigenvalue weighted by molar-refractivity contribution is -0.379. The summed E-state index contributed by atoms with van der Waals surface area (Å²) in [5.41, 5.74) is 0. The zero-order valence-corrected chi connectivity index (χ0v) is 49.3. The Kier molecular flexibility index (Phi) is 40.9. The molecule has 17 atom stereocenters. The van der Waals surface area contributed by atoms with Gasteiger partial charge in [-0.25, -0.2) is 0 Å². The number of hydrogen-bond acceptors (Lipinski definition) is 18. The first-order valence-electron chi connectivity index (χ1n) is 31.9. The quantitative estimate of drug-likeness (QED) is 0.0227. The highest BCUT2D eigenvalue weighted by Gasteiger charge is 2.53. The molecule has 3 rings (SSSR count). The molecule has 0 spiro atoms. The molecule has 0 aromatic carbocycles. The van der Waals surface area contributed by atoms with Gasteiger partial charge in [0, 0.05) is 6.42 Å². The van der Waals surface area contributed by atoms with Gasteiger partial charge in [0.2, 0.25) is 5.91 Å². The van der Waals surface area contributed by atoms with Gasteiger partial charge in [-0.2, -0.15) is 0 Å². The fraction of sp³-hybridized carbons (Fsp3) is 0.951. The molecule has 3 aliphatic rings. The molecule has 19 heteroatoms. The number of amides is 1. The lowest BCUT2D eigenvalue weighted by Gasteiger charge is -2.48. The first-order chi connectivity index (χ1) is 38.8. The van der Waals surface area contributed by atoms with Crippen molar-refractivity contribution in [2.45, 2.75) is 343 Å². The zero-order chi connectivity index (χ0) is 58.3. The standard InChI is InChI=1S/C61H115NO18/c1-3-5-7-9-11-13-15-17-19-20-21-22-23-24-25-26-28-30-32-34-36-38-45(66)44(62-49(67)39-37-35-33-31-29-27-18-16-14-12-10-8-6-4-2)43-75-59-55(73)52(70)57(47(41-64)77-59)80-61-56(74)53(71)58(48(42-65)78-61)79-60-54(72)51(69)50(68)46(40-63)76-60/h36,38,44-48,50-61,63-66,68-74H,3-35,37,39-43H2,1-2H3,(H,62,67)/b38-36+. The van der Waals surface area contributed by atoms with E-state index in [4.69, 9.17) is 28.4 Å². The van der Waals surface area contributed by atoms with E-state index >= 15 is 0 Å². The topological polar surface area (TPSA) is 307 Å². The molecule has 3 aliphatic heterocycles. The second kappa shape index (κ2) is 44.9. The number of aliphatic hydroxyl groups is 11. The molecule has 19 nitrogen and oxygen atoms in total. The third-order valence-corrected chi connectivity index (χ3v) is 16.3. The molecule has 0 aromatic heterocycles. The molecule has 0 bridgehead atoms. The van der Waals surface area contributed by atoms with Gasteiger partial charge in [-0.3, -0.25) is 4.79 Å². The minimum Gasteiger partial charge on any atom is -0.394 e. The summed E-state index contributed by atoms with van der Waals surface area (Å²) in [6, 6.07) is -0.967. The summed E-state index contributed by atoms with van der Waals surface area (Å²) in [7, 11) is 0. The van der Waals surface area contributed by atoms with E-state index in [1.807, 2.05) is 6.08 Å². The number of hydrogen-bond donors (Lipinski definition) is 12. The highest BCUT2D eigenvalue weighted by atomic mass is 16.8. The molecule has 0 aliphatic carbocycles. The van der Waals surface area contributed by atoms with Crippen molar-refractivity contribution in [3.63, 3.8) is 0 Å². The molecular formula is C61H115NO18. The number of carbonyl (C=O) groups is 1.